The predicted octanol–water partition coefficient (Wildman–Crippen LogP) is 2.49. The summed E-state index contributed by atoms with van der Waals surface area (Å²) < 4.78 is 37.4. The summed E-state index contributed by atoms with van der Waals surface area (Å²) in [4.78, 5) is 10.9. The van der Waals surface area contributed by atoms with Gasteiger partial charge in [-0.25, -0.2) is 0 Å². The van der Waals surface area contributed by atoms with E-state index in [0.717, 1.165) is 6.92 Å². The monoisotopic (exact) mass is 229 g/mol. The summed E-state index contributed by atoms with van der Waals surface area (Å²) in [5.74, 6) is -1.33. The molecule has 1 aromatic rings. The quantitative estimate of drug-likeness (QED) is 0.752. The summed E-state index contributed by atoms with van der Waals surface area (Å²) in [6.45, 7) is 1.03. The fourth-order valence-corrected chi connectivity index (χ4v) is 1.20. The van der Waals surface area contributed by atoms with Gasteiger partial charge in [0.2, 0.25) is 0 Å². The Morgan fingerprint density at radius 1 is 1.44 bits per heavy atom. The van der Waals surface area contributed by atoms with Gasteiger partial charge in [0, 0.05) is 0 Å². The van der Waals surface area contributed by atoms with Crippen LogP contribution in [-0.4, -0.2) is 10.9 Å². The van der Waals surface area contributed by atoms with Crippen molar-refractivity contribution in [1.82, 2.24) is 0 Å². The number of alkyl halides is 3. The van der Waals surface area contributed by atoms with Crippen molar-refractivity contribution in [3.05, 3.63) is 28.8 Å². The van der Waals surface area contributed by atoms with E-state index in [1.807, 2.05) is 0 Å². The van der Waals surface area contributed by atoms with Gasteiger partial charge < -0.3 is 5.11 Å². The van der Waals surface area contributed by atoms with E-state index in [9.17, 15) is 23.1 Å². The van der Waals surface area contributed by atoms with Crippen molar-refractivity contribution in [3.8, 4) is 11.8 Å². The lowest BCUT2D eigenvalue weighted by Gasteiger charge is -2.10. The summed E-state index contributed by atoms with van der Waals surface area (Å²) >= 11 is 0. The number of carbonyl (C=O) groups excluding carboxylic acids is 1. The maximum atomic E-state index is 12.5. The molecule has 0 saturated heterocycles. The van der Waals surface area contributed by atoms with Crippen molar-refractivity contribution >= 4 is 5.78 Å². The Morgan fingerprint density at radius 2 is 2.00 bits per heavy atom. The number of benzene rings is 1. The van der Waals surface area contributed by atoms with Gasteiger partial charge in [-0.1, -0.05) is 0 Å². The molecule has 16 heavy (non-hydrogen) atoms. The second-order valence-corrected chi connectivity index (χ2v) is 3.08. The van der Waals surface area contributed by atoms with E-state index in [4.69, 9.17) is 5.26 Å². The van der Waals surface area contributed by atoms with Crippen LogP contribution in [0.5, 0.6) is 5.75 Å². The number of ketones is 1. The summed E-state index contributed by atoms with van der Waals surface area (Å²) in [6, 6.07) is 2.44. The number of aromatic hydroxyl groups is 1. The fraction of sp³-hybridized carbons (Fsp3) is 0.200. The number of hydrogen-bond donors (Lipinski definition) is 1. The van der Waals surface area contributed by atoms with Crippen molar-refractivity contribution in [2.24, 2.45) is 0 Å². The molecule has 6 heteroatoms. The number of Topliss-reactive ketones (excluding diaryl/α,β-unsaturated/α-hetero) is 1. The molecule has 0 spiro atoms. The zero-order chi connectivity index (χ0) is 12.5. The van der Waals surface area contributed by atoms with Gasteiger partial charge in [0.05, 0.1) is 22.8 Å². The van der Waals surface area contributed by atoms with E-state index in [1.54, 1.807) is 0 Å². The van der Waals surface area contributed by atoms with Gasteiger partial charge in [-0.05, 0) is 19.1 Å². The molecule has 0 fully saturated rings. The highest BCUT2D eigenvalue weighted by Gasteiger charge is 2.35. The standard InChI is InChI=1S/C10H6F3NO2/c1-5(15)7-3-8(10(11,12)13)6(4-14)2-9(7)16/h2-3,16H,1H3. The smallest absolute Gasteiger partial charge is 0.417 e. The van der Waals surface area contributed by atoms with Crippen LogP contribution in [0.25, 0.3) is 0 Å². The van der Waals surface area contributed by atoms with Crippen LogP contribution in [0, 0.1) is 11.3 Å². The van der Waals surface area contributed by atoms with Gasteiger partial charge in [0.25, 0.3) is 0 Å². The molecule has 0 aliphatic carbocycles. The molecule has 0 aliphatic rings. The normalized spacial score (nSPS) is 10.9. The first-order chi connectivity index (χ1) is 7.27. The minimum atomic E-state index is -4.73. The Labute approximate surface area is 88.7 Å². The number of phenols is 1. The lowest BCUT2D eigenvalue weighted by atomic mass is 10.0. The molecule has 0 unspecified atom stereocenters. The van der Waals surface area contributed by atoms with Crippen LogP contribution in [-0.2, 0) is 6.18 Å². The highest BCUT2D eigenvalue weighted by atomic mass is 19.4. The van der Waals surface area contributed by atoms with E-state index in [0.29, 0.717) is 12.1 Å². The molecule has 3 nitrogen and oxygen atoms in total. The molecule has 1 aromatic carbocycles. The van der Waals surface area contributed by atoms with Crippen LogP contribution in [0.4, 0.5) is 13.2 Å². The molecule has 0 radical (unpaired) electrons. The number of carbonyl (C=O) groups is 1. The Bertz CT molecular complexity index is 486. The van der Waals surface area contributed by atoms with Crippen LogP contribution >= 0.6 is 0 Å². The maximum Gasteiger partial charge on any atom is 0.417 e. The number of halogens is 3. The number of nitrogens with zero attached hydrogens (tertiary/aromatic N) is 1. The van der Waals surface area contributed by atoms with Crippen molar-refractivity contribution in [1.29, 1.82) is 5.26 Å². The first-order valence-corrected chi connectivity index (χ1v) is 4.12. The molecular weight excluding hydrogens is 223 g/mol. The predicted molar refractivity (Wildman–Crippen MR) is 47.8 cm³/mol. The van der Waals surface area contributed by atoms with Crippen LogP contribution in [0.15, 0.2) is 12.1 Å². The molecule has 84 valence electrons. The lowest BCUT2D eigenvalue weighted by Crippen LogP contribution is -2.09. The Balaban J connectivity index is 3.55. The first kappa shape index (κ1) is 12.0. The number of phenolic OH excluding ortho intramolecular Hbond substituents is 1. The SMILES string of the molecule is CC(=O)c1cc(C(F)(F)F)c(C#N)cc1O. The summed E-state index contributed by atoms with van der Waals surface area (Å²) in [5, 5.41) is 17.7. The average Bonchev–Trinajstić information content (AvgIpc) is 2.14. The topological polar surface area (TPSA) is 61.1 Å². The lowest BCUT2D eigenvalue weighted by molar-refractivity contribution is -0.137. The summed E-state index contributed by atoms with van der Waals surface area (Å²) in [6.07, 6.45) is -4.73. The van der Waals surface area contributed by atoms with E-state index in [2.05, 4.69) is 0 Å². The van der Waals surface area contributed by atoms with Gasteiger partial charge in [-0.3, -0.25) is 4.79 Å². The average molecular weight is 229 g/mol. The zero-order valence-electron chi connectivity index (χ0n) is 8.09. The Hall–Kier alpha value is -2.03. The molecule has 0 aromatic heterocycles. The van der Waals surface area contributed by atoms with Gasteiger partial charge in [-0.2, -0.15) is 18.4 Å². The first-order valence-electron chi connectivity index (χ1n) is 4.12. The number of hydrogen-bond acceptors (Lipinski definition) is 3. The Kier molecular flexibility index (Phi) is 2.90. The van der Waals surface area contributed by atoms with E-state index < -0.39 is 34.4 Å². The number of nitriles is 1. The molecular formula is C10H6F3NO2. The largest absolute Gasteiger partial charge is 0.507 e. The molecule has 0 heterocycles. The molecule has 0 aliphatic heterocycles. The third kappa shape index (κ3) is 2.14. The van der Waals surface area contributed by atoms with Crippen LogP contribution in [0.1, 0.15) is 28.4 Å². The number of rotatable bonds is 1. The molecule has 1 N–H and O–H groups in total. The van der Waals surface area contributed by atoms with Crippen molar-refractivity contribution < 1.29 is 23.1 Å². The molecule has 1 rings (SSSR count). The van der Waals surface area contributed by atoms with Gasteiger partial charge in [-0.15, -0.1) is 0 Å². The highest BCUT2D eigenvalue weighted by molar-refractivity contribution is 5.97. The summed E-state index contributed by atoms with van der Waals surface area (Å²) in [5.41, 5.74) is -2.39. The second kappa shape index (κ2) is 3.85. The van der Waals surface area contributed by atoms with Crippen molar-refractivity contribution in [2.75, 3.05) is 0 Å². The Morgan fingerprint density at radius 3 is 2.38 bits per heavy atom. The van der Waals surface area contributed by atoms with Gasteiger partial charge >= 0.3 is 6.18 Å². The fourth-order valence-electron chi connectivity index (χ4n) is 1.20. The summed E-state index contributed by atoms with van der Waals surface area (Å²) in [7, 11) is 0. The molecule has 0 saturated carbocycles. The van der Waals surface area contributed by atoms with Crippen molar-refractivity contribution in [2.45, 2.75) is 13.1 Å². The second-order valence-electron chi connectivity index (χ2n) is 3.08. The van der Waals surface area contributed by atoms with Crippen LogP contribution in [0.2, 0.25) is 0 Å². The van der Waals surface area contributed by atoms with E-state index in [-0.39, 0.29) is 0 Å². The highest BCUT2D eigenvalue weighted by Crippen LogP contribution is 2.35. The van der Waals surface area contributed by atoms with Crippen LogP contribution < -0.4 is 0 Å². The molecule has 0 amide bonds. The minimum Gasteiger partial charge on any atom is -0.507 e. The third-order valence-electron chi connectivity index (χ3n) is 1.94. The zero-order valence-corrected chi connectivity index (χ0v) is 8.09. The molecule has 0 atom stereocenters. The van der Waals surface area contributed by atoms with Gasteiger partial charge in [0.15, 0.2) is 5.78 Å². The van der Waals surface area contributed by atoms with Gasteiger partial charge in [0.1, 0.15) is 5.75 Å². The van der Waals surface area contributed by atoms with Crippen LogP contribution in [0.3, 0.4) is 0 Å². The minimum absolute atomic E-state index is 0.452. The van der Waals surface area contributed by atoms with E-state index in [1.165, 1.54) is 6.07 Å². The van der Waals surface area contributed by atoms with Crippen molar-refractivity contribution in [3.63, 3.8) is 0 Å². The maximum absolute atomic E-state index is 12.5. The molecule has 0 bridgehead atoms. The van der Waals surface area contributed by atoms with E-state index >= 15 is 0 Å². The third-order valence-corrected chi connectivity index (χ3v) is 1.94.